The molecule has 2 aromatic carbocycles. The van der Waals surface area contributed by atoms with Crippen LogP contribution in [0.2, 0.25) is 0 Å². The van der Waals surface area contributed by atoms with Crippen molar-refractivity contribution in [2.45, 2.75) is 37.9 Å². The van der Waals surface area contributed by atoms with Gasteiger partial charge in [0.15, 0.2) is 0 Å². The lowest BCUT2D eigenvalue weighted by Gasteiger charge is -2.31. The summed E-state index contributed by atoms with van der Waals surface area (Å²) in [4.78, 5) is 0.0383. The van der Waals surface area contributed by atoms with Crippen molar-refractivity contribution in [2.75, 3.05) is 0 Å². The van der Waals surface area contributed by atoms with Gasteiger partial charge in [0.1, 0.15) is 5.75 Å². The molecule has 12 heteroatoms. The molecule has 4 rings (SSSR count). The highest BCUT2D eigenvalue weighted by Crippen LogP contribution is 2.43. The number of ether oxygens (including phenoxy) is 1. The quantitative estimate of drug-likeness (QED) is 0.326. The molecule has 180 valence electrons. The fraction of sp³-hybridized carbons (Fsp3) is 0.273. The molecule has 0 fully saturated rings. The van der Waals surface area contributed by atoms with Gasteiger partial charge in [0, 0.05) is 16.6 Å². The maximum absolute atomic E-state index is 13.7. The number of fused-ring (bicyclic) bond motifs is 3. The van der Waals surface area contributed by atoms with Crippen molar-refractivity contribution in [3.05, 3.63) is 59.8 Å². The molecule has 1 aliphatic carbocycles. The van der Waals surface area contributed by atoms with Crippen LogP contribution in [-0.4, -0.2) is 30.4 Å². The predicted molar refractivity (Wildman–Crippen MR) is 122 cm³/mol. The molecule has 0 saturated carbocycles. The third-order valence-corrected chi connectivity index (χ3v) is 7.14. The molecule has 4 N–H and O–H groups in total. The highest BCUT2D eigenvalue weighted by Gasteiger charge is 2.38. The Bertz CT molecular complexity index is 1420. The van der Waals surface area contributed by atoms with Crippen molar-refractivity contribution in [2.24, 2.45) is 27.1 Å². The second kappa shape index (κ2) is 8.05. The Kier molecular flexibility index (Phi) is 5.59. The number of guanidine groups is 1. The molecule has 3 aromatic rings. The number of nitrogens with zero attached hydrogens (tertiary/aromatic N) is 3. The average Bonchev–Trinajstić information content (AvgIpc) is 3.04. The van der Waals surface area contributed by atoms with Crippen LogP contribution in [0.1, 0.15) is 31.5 Å². The van der Waals surface area contributed by atoms with Crippen molar-refractivity contribution in [1.29, 1.82) is 0 Å². The number of alkyl halides is 3. The maximum Gasteiger partial charge on any atom is 0.573 e. The summed E-state index contributed by atoms with van der Waals surface area (Å²) in [7, 11) is -4.10. The van der Waals surface area contributed by atoms with Gasteiger partial charge in [0.05, 0.1) is 16.1 Å². The molecule has 1 heterocycles. The molecule has 0 spiro atoms. The zero-order chi connectivity index (χ0) is 24.9. The van der Waals surface area contributed by atoms with Crippen LogP contribution in [0.5, 0.6) is 5.75 Å². The number of halogens is 3. The fourth-order valence-corrected chi connectivity index (χ4v) is 5.78. The third kappa shape index (κ3) is 4.45. The number of hydrogen-bond acceptors (Lipinski definition) is 5. The number of benzene rings is 2. The Labute approximate surface area is 193 Å². The normalized spacial score (nSPS) is 16.9. The summed E-state index contributed by atoms with van der Waals surface area (Å²) in [6.07, 6.45) is -4.23. The van der Waals surface area contributed by atoms with Gasteiger partial charge in [0.25, 0.3) is 10.0 Å². The molecule has 0 unspecified atom stereocenters. The fourth-order valence-electron chi connectivity index (χ4n) is 4.21. The monoisotopic (exact) mass is 493 g/mol. The van der Waals surface area contributed by atoms with Crippen molar-refractivity contribution in [3.63, 3.8) is 0 Å². The van der Waals surface area contributed by atoms with E-state index in [0.29, 0.717) is 29.8 Å². The molecule has 8 nitrogen and oxygen atoms in total. The summed E-state index contributed by atoms with van der Waals surface area (Å²) in [5, 5.41) is 8.08. The summed E-state index contributed by atoms with van der Waals surface area (Å²) < 4.78 is 71.4. The van der Waals surface area contributed by atoms with Crippen molar-refractivity contribution < 1.29 is 26.3 Å². The lowest BCUT2D eigenvalue weighted by atomic mass is 9.75. The summed E-state index contributed by atoms with van der Waals surface area (Å²) in [5.74, 6) is -0.790. The molecule has 0 aliphatic heterocycles. The van der Waals surface area contributed by atoms with Crippen LogP contribution in [0.4, 0.5) is 13.2 Å². The van der Waals surface area contributed by atoms with E-state index in [0.717, 1.165) is 16.1 Å². The summed E-state index contributed by atoms with van der Waals surface area (Å²) in [6.45, 7) is 3.85. The zero-order valence-corrected chi connectivity index (χ0v) is 19.1. The van der Waals surface area contributed by atoms with Crippen molar-refractivity contribution >= 4 is 32.6 Å². The maximum atomic E-state index is 13.7. The molecule has 1 aromatic heterocycles. The first kappa shape index (κ1) is 23.6. The topological polar surface area (TPSA) is 125 Å². The molecule has 1 aliphatic rings. The molecule has 0 atom stereocenters. The Morgan fingerprint density at radius 1 is 1.09 bits per heavy atom. The second-order valence-electron chi connectivity index (χ2n) is 8.72. The standard InChI is InChI=1S/C22H22F3N5O3S/c1-21(2)11-16(28-29-20(26)27)19-15-10-13(33-22(23,24)25)8-9-17(15)30(18(19)12-21)34(31,32)14-6-4-3-5-7-14/h3-10H,11-12H2,1-2H3,(H4,26,27,29)/b28-16-. The molecule has 34 heavy (non-hydrogen) atoms. The molecular formula is C22H22F3N5O3S. The van der Waals surface area contributed by atoms with Gasteiger partial charge in [-0.15, -0.1) is 18.3 Å². The molecule has 0 amide bonds. The minimum atomic E-state index is -4.91. The number of nitrogens with two attached hydrogens (primary N) is 2. The SMILES string of the molecule is CC1(C)C/C(=N/N=C(N)N)c2c(n(S(=O)(=O)c3ccccc3)c3ccc(OC(F)(F)F)cc23)C1. The number of rotatable bonds is 4. The van der Waals surface area contributed by atoms with Crippen LogP contribution in [0.15, 0.2) is 63.6 Å². The van der Waals surface area contributed by atoms with E-state index in [9.17, 15) is 21.6 Å². The van der Waals surface area contributed by atoms with Gasteiger partial charge < -0.3 is 16.2 Å². The number of hydrogen-bond donors (Lipinski definition) is 2. The summed E-state index contributed by atoms with van der Waals surface area (Å²) in [5.41, 5.74) is 11.7. The Morgan fingerprint density at radius 3 is 2.38 bits per heavy atom. The van der Waals surface area contributed by atoms with E-state index in [-0.39, 0.29) is 21.8 Å². The van der Waals surface area contributed by atoms with E-state index in [4.69, 9.17) is 11.5 Å². The van der Waals surface area contributed by atoms with Gasteiger partial charge in [-0.1, -0.05) is 32.0 Å². The molecule has 0 saturated heterocycles. The largest absolute Gasteiger partial charge is 0.573 e. The van der Waals surface area contributed by atoms with Gasteiger partial charge in [0.2, 0.25) is 5.96 Å². The smallest absolute Gasteiger partial charge is 0.406 e. The van der Waals surface area contributed by atoms with Crippen LogP contribution >= 0.6 is 0 Å². The van der Waals surface area contributed by atoms with Gasteiger partial charge >= 0.3 is 6.36 Å². The Hall–Kier alpha value is -3.54. The molecular weight excluding hydrogens is 471 g/mol. The van der Waals surface area contributed by atoms with E-state index in [1.54, 1.807) is 18.2 Å². The first-order valence-corrected chi connectivity index (χ1v) is 11.6. The summed E-state index contributed by atoms with van der Waals surface area (Å²) >= 11 is 0. The highest BCUT2D eigenvalue weighted by molar-refractivity contribution is 7.90. The Balaban J connectivity index is 2.09. The molecule has 0 radical (unpaired) electrons. The molecule has 0 bridgehead atoms. The Morgan fingerprint density at radius 2 is 1.76 bits per heavy atom. The second-order valence-corrected chi connectivity index (χ2v) is 10.5. The summed E-state index contributed by atoms with van der Waals surface area (Å²) in [6, 6.07) is 11.3. The van der Waals surface area contributed by atoms with Gasteiger partial charge in [-0.3, -0.25) is 0 Å². The first-order chi connectivity index (χ1) is 15.8. The minimum Gasteiger partial charge on any atom is -0.406 e. The van der Waals surface area contributed by atoms with E-state index in [2.05, 4.69) is 14.9 Å². The average molecular weight is 494 g/mol. The van der Waals surface area contributed by atoms with Crippen LogP contribution < -0.4 is 16.2 Å². The van der Waals surface area contributed by atoms with Gasteiger partial charge in [-0.05, 0) is 48.6 Å². The lowest BCUT2D eigenvalue weighted by molar-refractivity contribution is -0.274. The van der Waals surface area contributed by atoms with E-state index < -0.39 is 27.6 Å². The van der Waals surface area contributed by atoms with Crippen molar-refractivity contribution in [3.8, 4) is 5.75 Å². The van der Waals surface area contributed by atoms with E-state index >= 15 is 0 Å². The third-order valence-electron chi connectivity index (χ3n) is 5.37. The lowest BCUT2D eigenvalue weighted by Crippen LogP contribution is -2.30. The van der Waals surface area contributed by atoms with Gasteiger partial charge in [-0.25, -0.2) is 12.4 Å². The van der Waals surface area contributed by atoms with E-state index in [1.807, 2.05) is 13.8 Å². The number of aromatic nitrogens is 1. The minimum absolute atomic E-state index is 0.0383. The van der Waals surface area contributed by atoms with Crippen LogP contribution in [-0.2, 0) is 16.4 Å². The zero-order valence-electron chi connectivity index (χ0n) is 18.3. The van der Waals surface area contributed by atoms with Crippen molar-refractivity contribution in [1.82, 2.24) is 3.97 Å². The first-order valence-electron chi connectivity index (χ1n) is 10.2. The predicted octanol–water partition coefficient (Wildman–Crippen LogP) is 3.73. The van der Waals surface area contributed by atoms with Crippen LogP contribution in [0.25, 0.3) is 10.9 Å². The highest BCUT2D eigenvalue weighted by atomic mass is 32.2. The van der Waals surface area contributed by atoms with Crippen LogP contribution in [0, 0.1) is 5.41 Å². The van der Waals surface area contributed by atoms with Crippen LogP contribution in [0.3, 0.4) is 0 Å². The van der Waals surface area contributed by atoms with Gasteiger partial charge in [-0.2, -0.15) is 5.10 Å². The van der Waals surface area contributed by atoms with E-state index in [1.165, 1.54) is 18.2 Å².